The first kappa shape index (κ1) is 11.7. The van der Waals surface area contributed by atoms with Crippen molar-refractivity contribution in [3.8, 4) is 5.88 Å². The Hall–Kier alpha value is -2.38. The van der Waals surface area contributed by atoms with Gasteiger partial charge < -0.3 is 15.7 Å². The first-order valence-corrected chi connectivity index (χ1v) is 4.36. The van der Waals surface area contributed by atoms with Crippen LogP contribution in [-0.4, -0.2) is 27.6 Å². The predicted octanol–water partition coefficient (Wildman–Crippen LogP) is 0.483. The van der Waals surface area contributed by atoms with Gasteiger partial charge in [-0.1, -0.05) is 5.16 Å². The van der Waals surface area contributed by atoms with E-state index in [9.17, 15) is 10.1 Å². The highest BCUT2D eigenvalue weighted by atomic mass is 16.6. The first-order chi connectivity index (χ1) is 7.60. The zero-order chi connectivity index (χ0) is 12.1. The van der Waals surface area contributed by atoms with E-state index in [0.717, 1.165) is 0 Å². The van der Waals surface area contributed by atoms with Crippen LogP contribution in [-0.2, 0) is 0 Å². The highest BCUT2D eigenvalue weighted by Gasteiger charge is 2.19. The van der Waals surface area contributed by atoms with Crippen molar-refractivity contribution in [2.75, 3.05) is 6.61 Å². The van der Waals surface area contributed by atoms with Gasteiger partial charge in [-0.3, -0.25) is 10.1 Å². The molecule has 0 aliphatic heterocycles. The van der Waals surface area contributed by atoms with Gasteiger partial charge in [0.25, 0.3) is 5.69 Å². The Kier molecular flexibility index (Phi) is 3.59. The van der Waals surface area contributed by atoms with Crippen LogP contribution in [0.2, 0.25) is 0 Å². The van der Waals surface area contributed by atoms with Crippen LogP contribution in [0.15, 0.2) is 17.3 Å². The van der Waals surface area contributed by atoms with E-state index in [-0.39, 0.29) is 17.3 Å². The zero-order valence-corrected chi connectivity index (χ0v) is 8.45. The third kappa shape index (κ3) is 2.35. The SMILES string of the molecule is CCOc1ccc([N+](=O)[O-])c(/C(N)=N/O)n1. The molecule has 1 aromatic rings. The van der Waals surface area contributed by atoms with Crippen molar-refractivity contribution in [3.05, 3.63) is 27.9 Å². The van der Waals surface area contributed by atoms with E-state index in [4.69, 9.17) is 15.7 Å². The summed E-state index contributed by atoms with van der Waals surface area (Å²) in [5.41, 5.74) is 4.70. The summed E-state index contributed by atoms with van der Waals surface area (Å²) in [6.45, 7) is 2.10. The van der Waals surface area contributed by atoms with Crippen LogP contribution < -0.4 is 10.5 Å². The molecular formula is C8H10N4O4. The second-order valence-electron chi connectivity index (χ2n) is 2.69. The minimum absolute atomic E-state index is 0.176. The number of rotatable bonds is 4. The monoisotopic (exact) mass is 226 g/mol. The van der Waals surface area contributed by atoms with Crippen molar-refractivity contribution < 1.29 is 14.9 Å². The summed E-state index contributed by atoms with van der Waals surface area (Å²) in [5, 5.41) is 21.8. The Morgan fingerprint density at radius 1 is 1.75 bits per heavy atom. The summed E-state index contributed by atoms with van der Waals surface area (Å²) in [4.78, 5) is 13.7. The molecule has 0 amide bonds. The average molecular weight is 226 g/mol. The molecule has 86 valence electrons. The van der Waals surface area contributed by atoms with Crippen molar-refractivity contribution in [2.45, 2.75) is 6.92 Å². The molecule has 0 saturated heterocycles. The van der Waals surface area contributed by atoms with E-state index in [0.29, 0.717) is 6.61 Å². The average Bonchev–Trinajstić information content (AvgIpc) is 2.28. The first-order valence-electron chi connectivity index (χ1n) is 4.36. The van der Waals surface area contributed by atoms with Gasteiger partial charge in [0, 0.05) is 12.1 Å². The van der Waals surface area contributed by atoms with Crippen molar-refractivity contribution in [2.24, 2.45) is 10.9 Å². The van der Waals surface area contributed by atoms with Crippen LogP contribution in [0.1, 0.15) is 12.6 Å². The van der Waals surface area contributed by atoms with Crippen molar-refractivity contribution in [3.63, 3.8) is 0 Å². The van der Waals surface area contributed by atoms with Gasteiger partial charge in [-0.05, 0) is 6.92 Å². The number of nitrogens with two attached hydrogens (primary N) is 1. The van der Waals surface area contributed by atoms with Crippen molar-refractivity contribution in [1.29, 1.82) is 0 Å². The molecule has 0 fully saturated rings. The maximum atomic E-state index is 10.6. The lowest BCUT2D eigenvalue weighted by atomic mass is 10.3. The van der Waals surface area contributed by atoms with E-state index >= 15 is 0 Å². The Balaban J connectivity index is 3.27. The van der Waals surface area contributed by atoms with Gasteiger partial charge in [0.2, 0.25) is 5.88 Å². The lowest BCUT2D eigenvalue weighted by molar-refractivity contribution is -0.385. The number of pyridine rings is 1. The highest BCUT2D eigenvalue weighted by Crippen LogP contribution is 2.19. The lowest BCUT2D eigenvalue weighted by Gasteiger charge is -2.04. The van der Waals surface area contributed by atoms with E-state index in [1.165, 1.54) is 12.1 Å². The van der Waals surface area contributed by atoms with Gasteiger partial charge in [0.1, 0.15) is 0 Å². The molecule has 1 heterocycles. The van der Waals surface area contributed by atoms with E-state index in [1.54, 1.807) is 6.92 Å². The molecule has 0 aliphatic carbocycles. The Morgan fingerprint density at radius 3 is 2.94 bits per heavy atom. The summed E-state index contributed by atoms with van der Waals surface area (Å²) in [5.74, 6) is -0.261. The molecule has 1 rings (SSSR count). The van der Waals surface area contributed by atoms with Gasteiger partial charge in [0.15, 0.2) is 11.5 Å². The van der Waals surface area contributed by atoms with Gasteiger partial charge in [-0.15, -0.1) is 0 Å². The zero-order valence-electron chi connectivity index (χ0n) is 8.45. The van der Waals surface area contributed by atoms with E-state index in [1.807, 2.05) is 0 Å². The molecule has 0 spiro atoms. The highest BCUT2D eigenvalue weighted by molar-refractivity contribution is 5.98. The van der Waals surface area contributed by atoms with E-state index in [2.05, 4.69) is 10.1 Å². The molecule has 0 saturated carbocycles. The number of hydrogen-bond acceptors (Lipinski definition) is 6. The summed E-state index contributed by atoms with van der Waals surface area (Å²) in [6.07, 6.45) is 0. The molecule has 3 N–H and O–H groups in total. The van der Waals surface area contributed by atoms with Crippen LogP contribution in [0.25, 0.3) is 0 Å². The summed E-state index contributed by atoms with van der Waals surface area (Å²) >= 11 is 0. The van der Waals surface area contributed by atoms with Crippen molar-refractivity contribution >= 4 is 11.5 Å². The smallest absolute Gasteiger partial charge is 0.299 e. The number of hydrogen-bond donors (Lipinski definition) is 2. The number of ether oxygens (including phenoxy) is 1. The number of aromatic nitrogens is 1. The summed E-state index contributed by atoms with van der Waals surface area (Å²) < 4.78 is 5.05. The molecule has 1 aromatic heterocycles. The second-order valence-corrected chi connectivity index (χ2v) is 2.69. The Morgan fingerprint density at radius 2 is 2.44 bits per heavy atom. The summed E-state index contributed by atoms with van der Waals surface area (Å²) in [6, 6.07) is 2.53. The number of amidine groups is 1. The number of nitro groups is 1. The van der Waals surface area contributed by atoms with Gasteiger partial charge in [0.05, 0.1) is 11.5 Å². The fourth-order valence-corrected chi connectivity index (χ4v) is 1.05. The molecule has 0 bridgehead atoms. The maximum absolute atomic E-state index is 10.6. The van der Waals surface area contributed by atoms with Crippen LogP contribution in [0.3, 0.4) is 0 Å². The number of oxime groups is 1. The van der Waals surface area contributed by atoms with E-state index < -0.39 is 10.8 Å². The molecule has 16 heavy (non-hydrogen) atoms. The fraction of sp³-hybridized carbons (Fsp3) is 0.250. The third-order valence-corrected chi connectivity index (χ3v) is 1.69. The molecule has 0 aliphatic rings. The van der Waals surface area contributed by atoms with Crippen LogP contribution in [0.4, 0.5) is 5.69 Å². The Bertz CT molecular complexity index is 432. The largest absolute Gasteiger partial charge is 0.478 e. The topological polar surface area (TPSA) is 124 Å². The van der Waals surface area contributed by atoms with Crippen LogP contribution in [0.5, 0.6) is 5.88 Å². The molecule has 8 heteroatoms. The second kappa shape index (κ2) is 4.91. The molecule has 0 aromatic carbocycles. The standard InChI is InChI=1S/C8H10N4O4/c1-2-16-6-4-3-5(12(14)15)7(10-6)8(9)11-13/h3-4,13H,2H2,1H3,(H2,9,11). The Labute approximate surface area is 90.5 Å². The normalized spacial score (nSPS) is 11.2. The van der Waals surface area contributed by atoms with Gasteiger partial charge in [-0.25, -0.2) is 4.98 Å². The van der Waals surface area contributed by atoms with Gasteiger partial charge in [-0.2, -0.15) is 0 Å². The predicted molar refractivity (Wildman–Crippen MR) is 54.6 cm³/mol. The molecule has 8 nitrogen and oxygen atoms in total. The molecular weight excluding hydrogens is 216 g/mol. The van der Waals surface area contributed by atoms with Crippen LogP contribution >= 0.6 is 0 Å². The molecule has 0 radical (unpaired) electrons. The van der Waals surface area contributed by atoms with Gasteiger partial charge >= 0.3 is 0 Å². The summed E-state index contributed by atoms with van der Waals surface area (Å²) in [7, 11) is 0. The minimum Gasteiger partial charge on any atom is -0.478 e. The van der Waals surface area contributed by atoms with Crippen LogP contribution in [0, 0.1) is 10.1 Å². The number of nitrogens with zero attached hydrogens (tertiary/aromatic N) is 3. The lowest BCUT2D eigenvalue weighted by Crippen LogP contribution is -2.17. The fourth-order valence-electron chi connectivity index (χ4n) is 1.05. The third-order valence-electron chi connectivity index (χ3n) is 1.69. The van der Waals surface area contributed by atoms with Crippen molar-refractivity contribution in [1.82, 2.24) is 4.98 Å². The maximum Gasteiger partial charge on any atom is 0.299 e. The molecule has 0 unspecified atom stereocenters. The quantitative estimate of drug-likeness (QED) is 0.253. The minimum atomic E-state index is -0.671. The molecule has 0 atom stereocenters.